The van der Waals surface area contributed by atoms with Crippen LogP contribution in [0.5, 0.6) is 0 Å². The van der Waals surface area contributed by atoms with Crippen LogP contribution >= 0.6 is 23.2 Å². The summed E-state index contributed by atoms with van der Waals surface area (Å²) in [6, 6.07) is 0. The van der Waals surface area contributed by atoms with Gasteiger partial charge in [0.25, 0.3) is 0 Å². The summed E-state index contributed by atoms with van der Waals surface area (Å²) in [6.07, 6.45) is 3.12. The van der Waals surface area contributed by atoms with Gasteiger partial charge in [0.1, 0.15) is 0 Å². The Balaban J connectivity index is 2.82. The quantitative estimate of drug-likeness (QED) is 0.306. The van der Waals surface area contributed by atoms with E-state index in [1.54, 1.807) is 0 Å². The monoisotopic (exact) mass is 360 g/mol. The Morgan fingerprint density at radius 2 is 2.22 bits per heavy atom. The summed E-state index contributed by atoms with van der Waals surface area (Å²) in [5, 5.41) is 0. The van der Waals surface area contributed by atoms with Crippen LogP contribution in [0, 0.1) is 0 Å². The van der Waals surface area contributed by atoms with Crippen molar-refractivity contribution in [2.24, 2.45) is 0 Å². The maximum absolute atomic E-state index is 5.54. The zero-order chi connectivity index (χ0) is 7.11. The summed E-state index contributed by atoms with van der Waals surface area (Å²) in [6.45, 7) is 3.64. The van der Waals surface area contributed by atoms with Gasteiger partial charge in [-0.05, 0) is 0 Å². The molecule has 0 aliphatic heterocycles. The van der Waals surface area contributed by atoms with E-state index < -0.39 is 24.2 Å². The van der Waals surface area contributed by atoms with Crippen LogP contribution in [0.3, 0.4) is 0 Å². The van der Waals surface area contributed by atoms with Crippen molar-refractivity contribution >= 4 is 47.4 Å². The Bertz CT molecular complexity index is 73.5. The van der Waals surface area contributed by atoms with Gasteiger partial charge < -0.3 is 0 Å². The number of allylic oxidation sites excluding steroid dienone is 1. The molecule has 0 nitrogen and oxygen atoms in total. The van der Waals surface area contributed by atoms with Crippen molar-refractivity contribution in [2.45, 2.75) is 19.2 Å². The number of rotatable bonds is 5. The van der Waals surface area contributed by atoms with E-state index in [0.717, 1.165) is 10.4 Å². The predicted octanol–water partition coefficient (Wildman–Crippen LogP) is 2.91. The van der Waals surface area contributed by atoms with E-state index in [1.807, 2.05) is 6.08 Å². The molecule has 0 bridgehead atoms. The van der Waals surface area contributed by atoms with Crippen LogP contribution in [0.2, 0.25) is 7.96 Å². The third kappa shape index (κ3) is 9.24. The Kier molecular flexibility index (Phi) is 8.36. The van der Waals surface area contributed by atoms with E-state index in [2.05, 4.69) is 6.58 Å². The van der Waals surface area contributed by atoms with Gasteiger partial charge in [0, 0.05) is 0 Å². The Labute approximate surface area is 78.8 Å². The fourth-order valence-electron chi connectivity index (χ4n) is 0.415. The third-order valence-corrected chi connectivity index (χ3v) is 8.35. The predicted molar refractivity (Wildman–Crippen MR) is 45.7 cm³/mol. The molecular weight excluding hydrogens is 350 g/mol. The fraction of sp³-hybridized carbons (Fsp3) is 0.667. The van der Waals surface area contributed by atoms with Crippen LogP contribution in [-0.2, 0) is 0 Å². The molecule has 0 amide bonds. The molecule has 0 unspecified atom stereocenters. The van der Waals surface area contributed by atoms with Crippen LogP contribution in [0.4, 0.5) is 0 Å². The molecule has 0 rings (SSSR count). The van der Waals surface area contributed by atoms with Crippen molar-refractivity contribution in [2.75, 3.05) is 0 Å². The van der Waals surface area contributed by atoms with Gasteiger partial charge in [0.05, 0.1) is 0 Å². The molecule has 0 aromatic heterocycles. The van der Waals surface area contributed by atoms with Gasteiger partial charge in [-0.25, -0.2) is 0 Å². The first-order valence-electron chi connectivity index (χ1n) is 2.87. The van der Waals surface area contributed by atoms with Crippen molar-refractivity contribution in [3.05, 3.63) is 12.7 Å². The minimum absolute atomic E-state index is 0.0989. The van der Waals surface area contributed by atoms with Crippen LogP contribution in [0.25, 0.3) is 0 Å². The molecule has 9 heavy (non-hydrogen) atoms. The van der Waals surface area contributed by atoms with Crippen molar-refractivity contribution in [3.63, 3.8) is 0 Å². The second-order valence-electron chi connectivity index (χ2n) is 1.67. The van der Waals surface area contributed by atoms with Crippen molar-refractivity contribution in [1.29, 1.82) is 0 Å². The van der Waals surface area contributed by atoms with Crippen molar-refractivity contribution in [1.82, 2.24) is 0 Å². The number of hydrogen-bond donors (Lipinski definition) is 0. The summed E-state index contributed by atoms with van der Waals surface area (Å²) >= 11 is 10.7. The van der Waals surface area contributed by atoms with Crippen molar-refractivity contribution < 1.29 is 0 Å². The SMILES string of the molecule is C=CC[CH2][Pb][CH2]C(Cl)Cl. The third-order valence-electron chi connectivity index (χ3n) is 0.824. The molecule has 0 atom stereocenters. The van der Waals surface area contributed by atoms with Gasteiger partial charge >= 0.3 is 79.3 Å². The van der Waals surface area contributed by atoms with Crippen molar-refractivity contribution in [3.8, 4) is 0 Å². The average molecular weight is 360 g/mol. The van der Waals surface area contributed by atoms with Gasteiger partial charge in [0.2, 0.25) is 0 Å². The number of alkyl halides is 2. The fourth-order valence-corrected chi connectivity index (χ4v) is 5.56. The molecule has 0 heterocycles. The van der Waals surface area contributed by atoms with Gasteiger partial charge in [0.15, 0.2) is 0 Å². The van der Waals surface area contributed by atoms with Gasteiger partial charge in [-0.1, -0.05) is 0 Å². The molecule has 0 spiro atoms. The summed E-state index contributed by atoms with van der Waals surface area (Å²) in [5.74, 6) is 0. The summed E-state index contributed by atoms with van der Waals surface area (Å²) in [4.78, 5) is -0.0989. The molecule has 0 saturated carbocycles. The summed E-state index contributed by atoms with van der Waals surface area (Å²) in [5.41, 5.74) is 0. The molecule has 0 fully saturated rings. The first-order chi connectivity index (χ1) is 4.27. The standard InChI is InChI=1S/C4H7.C2H3Cl2.Pb/c1-3-4-2;1-2(3)4;/h3H,1-2,4H2;2H,1H2;. The number of halogens is 2. The normalized spacial score (nSPS) is 10.1. The molecule has 0 aliphatic rings. The van der Waals surface area contributed by atoms with E-state index in [1.165, 1.54) is 3.98 Å². The molecule has 0 aromatic rings. The van der Waals surface area contributed by atoms with Crippen LogP contribution < -0.4 is 0 Å². The molecule has 0 saturated heterocycles. The molecule has 0 N–H and O–H groups in total. The van der Waals surface area contributed by atoms with E-state index in [-0.39, 0.29) is 4.84 Å². The molecule has 52 valence electrons. The van der Waals surface area contributed by atoms with Gasteiger partial charge in [-0.15, -0.1) is 0 Å². The second-order valence-corrected chi connectivity index (χ2v) is 8.42. The maximum atomic E-state index is 5.54. The minimum atomic E-state index is -0.416. The summed E-state index contributed by atoms with van der Waals surface area (Å²) < 4.78 is 2.44. The van der Waals surface area contributed by atoms with E-state index in [4.69, 9.17) is 23.2 Å². The Morgan fingerprint density at radius 3 is 2.67 bits per heavy atom. The second kappa shape index (κ2) is 7.35. The van der Waals surface area contributed by atoms with Gasteiger partial charge in [-0.3, -0.25) is 0 Å². The zero-order valence-corrected chi connectivity index (χ0v) is 10.6. The van der Waals surface area contributed by atoms with E-state index in [0.29, 0.717) is 0 Å². The molecule has 2 radical (unpaired) electrons. The topological polar surface area (TPSA) is 0 Å². The van der Waals surface area contributed by atoms with E-state index in [9.17, 15) is 0 Å². The van der Waals surface area contributed by atoms with Crippen LogP contribution in [-0.4, -0.2) is 29.1 Å². The molecule has 0 aromatic carbocycles. The number of hydrogen-bond acceptors (Lipinski definition) is 0. The van der Waals surface area contributed by atoms with Crippen LogP contribution in [0.15, 0.2) is 12.7 Å². The first kappa shape index (κ1) is 10.2. The molecule has 3 heteroatoms. The average Bonchev–Trinajstić information content (AvgIpc) is 1.80. The van der Waals surface area contributed by atoms with E-state index >= 15 is 0 Å². The van der Waals surface area contributed by atoms with Gasteiger partial charge in [-0.2, -0.15) is 0 Å². The summed E-state index contributed by atoms with van der Waals surface area (Å²) in [7, 11) is 0. The molecular formula is C6H10Cl2Pb. The zero-order valence-electron chi connectivity index (χ0n) is 5.24. The Hall–Kier alpha value is 1.24. The first-order valence-corrected chi connectivity index (χ1v) is 9.24. The Morgan fingerprint density at radius 1 is 1.56 bits per heavy atom. The van der Waals surface area contributed by atoms with Crippen LogP contribution in [0.1, 0.15) is 6.42 Å². The molecule has 0 aliphatic carbocycles.